The Hall–Kier alpha value is -2.09. The molecular weight excluding hydrogens is 272 g/mol. The molecule has 0 spiro atoms. The van der Waals surface area contributed by atoms with Crippen molar-refractivity contribution in [2.24, 2.45) is 0 Å². The van der Waals surface area contributed by atoms with Crippen molar-refractivity contribution in [3.8, 4) is 11.1 Å². The van der Waals surface area contributed by atoms with Gasteiger partial charge in [-0.1, -0.05) is 48.5 Å². The minimum absolute atomic E-state index is 0.116. The third-order valence-electron chi connectivity index (χ3n) is 4.02. The Morgan fingerprint density at radius 3 is 1.95 bits per heavy atom. The van der Waals surface area contributed by atoms with Crippen molar-refractivity contribution in [3.63, 3.8) is 0 Å². The monoisotopic (exact) mass is 294 g/mol. The second kappa shape index (κ2) is 5.60. The van der Waals surface area contributed by atoms with Crippen LogP contribution in [0.5, 0.6) is 0 Å². The van der Waals surface area contributed by atoms with E-state index in [9.17, 15) is 4.79 Å². The summed E-state index contributed by atoms with van der Waals surface area (Å²) in [6.07, 6.45) is 1.24. The van der Waals surface area contributed by atoms with E-state index < -0.39 is 5.60 Å². The van der Waals surface area contributed by atoms with Crippen LogP contribution in [0.15, 0.2) is 48.5 Å². The number of benzene rings is 2. The highest BCUT2D eigenvalue weighted by Gasteiger charge is 2.28. The largest absolute Gasteiger partial charge is 0.460 e. The maximum Gasteiger partial charge on any atom is 0.306 e. The van der Waals surface area contributed by atoms with Gasteiger partial charge >= 0.3 is 5.97 Å². The van der Waals surface area contributed by atoms with E-state index in [0.29, 0.717) is 12.3 Å². The molecule has 0 saturated carbocycles. The van der Waals surface area contributed by atoms with Crippen LogP contribution < -0.4 is 0 Å². The summed E-state index contributed by atoms with van der Waals surface area (Å²) >= 11 is 0. The molecule has 0 aliphatic heterocycles. The van der Waals surface area contributed by atoms with Crippen LogP contribution >= 0.6 is 0 Å². The number of ether oxygens (including phenoxy) is 1. The summed E-state index contributed by atoms with van der Waals surface area (Å²) in [7, 11) is 0. The number of carbonyl (C=O) groups is 1. The summed E-state index contributed by atoms with van der Waals surface area (Å²) in [5.74, 6) is 0.175. The van der Waals surface area contributed by atoms with E-state index in [1.54, 1.807) is 0 Å². The van der Waals surface area contributed by atoms with Crippen molar-refractivity contribution in [1.82, 2.24) is 0 Å². The summed E-state index contributed by atoms with van der Waals surface area (Å²) in [4.78, 5) is 12.0. The zero-order valence-electron chi connectivity index (χ0n) is 13.4. The molecule has 0 atom stereocenters. The number of esters is 1. The quantitative estimate of drug-likeness (QED) is 0.751. The van der Waals surface area contributed by atoms with E-state index in [-0.39, 0.29) is 5.97 Å². The molecule has 114 valence electrons. The van der Waals surface area contributed by atoms with Crippen molar-refractivity contribution >= 4 is 5.97 Å². The lowest BCUT2D eigenvalue weighted by molar-refractivity contribution is -0.154. The van der Waals surface area contributed by atoms with E-state index in [1.807, 2.05) is 20.8 Å². The number of carbonyl (C=O) groups excluding carboxylic acids is 1. The molecule has 22 heavy (non-hydrogen) atoms. The summed E-state index contributed by atoms with van der Waals surface area (Å²) in [6, 6.07) is 17.0. The summed E-state index contributed by atoms with van der Waals surface area (Å²) in [5, 5.41) is 0. The van der Waals surface area contributed by atoms with Gasteiger partial charge in [-0.2, -0.15) is 0 Å². The molecule has 3 rings (SSSR count). The molecule has 0 aromatic heterocycles. The van der Waals surface area contributed by atoms with Crippen LogP contribution in [0.25, 0.3) is 11.1 Å². The van der Waals surface area contributed by atoms with Crippen LogP contribution in [-0.2, 0) is 9.53 Å². The van der Waals surface area contributed by atoms with Crippen molar-refractivity contribution in [2.45, 2.75) is 45.1 Å². The lowest BCUT2D eigenvalue weighted by Gasteiger charge is -2.20. The van der Waals surface area contributed by atoms with Crippen molar-refractivity contribution in [2.75, 3.05) is 0 Å². The maximum atomic E-state index is 12.0. The first-order valence-electron chi connectivity index (χ1n) is 7.86. The number of hydrogen-bond acceptors (Lipinski definition) is 2. The topological polar surface area (TPSA) is 26.3 Å². The standard InChI is InChI=1S/C20H22O2/c1-20(2,3)22-19(21)13-12-18-16-10-6-4-8-14(16)15-9-5-7-11-17(15)18/h4-11,18H,12-13H2,1-3H3. The molecule has 0 unspecified atom stereocenters. The Balaban J connectivity index is 1.81. The Kier molecular flexibility index (Phi) is 3.78. The van der Waals surface area contributed by atoms with Gasteiger partial charge in [0.05, 0.1) is 0 Å². The van der Waals surface area contributed by atoms with Gasteiger partial charge in [0.25, 0.3) is 0 Å². The average molecular weight is 294 g/mol. The molecular formula is C20H22O2. The number of rotatable bonds is 3. The van der Waals surface area contributed by atoms with Crippen molar-refractivity contribution in [1.29, 1.82) is 0 Å². The molecule has 0 N–H and O–H groups in total. The molecule has 0 amide bonds. The van der Waals surface area contributed by atoms with Crippen LogP contribution in [0.1, 0.15) is 50.7 Å². The van der Waals surface area contributed by atoms with Crippen LogP contribution in [0, 0.1) is 0 Å². The van der Waals surface area contributed by atoms with Crippen LogP contribution in [0.4, 0.5) is 0 Å². The van der Waals surface area contributed by atoms with Gasteiger partial charge < -0.3 is 4.74 Å². The van der Waals surface area contributed by atoms with Crippen LogP contribution in [-0.4, -0.2) is 11.6 Å². The van der Waals surface area contributed by atoms with Gasteiger partial charge in [-0.05, 0) is 49.4 Å². The molecule has 1 aliphatic rings. The predicted molar refractivity (Wildman–Crippen MR) is 88.8 cm³/mol. The molecule has 2 aromatic carbocycles. The normalized spacial score (nSPS) is 13.6. The lowest BCUT2D eigenvalue weighted by atomic mass is 9.92. The van der Waals surface area contributed by atoms with E-state index in [1.165, 1.54) is 22.3 Å². The molecule has 1 aliphatic carbocycles. The molecule has 0 radical (unpaired) electrons. The Morgan fingerprint density at radius 2 is 1.45 bits per heavy atom. The minimum Gasteiger partial charge on any atom is -0.460 e. The van der Waals surface area contributed by atoms with Gasteiger partial charge in [0.1, 0.15) is 5.60 Å². The molecule has 2 nitrogen and oxygen atoms in total. The summed E-state index contributed by atoms with van der Waals surface area (Å²) in [6.45, 7) is 5.72. The van der Waals surface area contributed by atoms with Crippen molar-refractivity contribution in [3.05, 3.63) is 59.7 Å². The van der Waals surface area contributed by atoms with Crippen molar-refractivity contribution < 1.29 is 9.53 Å². The summed E-state index contributed by atoms with van der Waals surface area (Å²) in [5.41, 5.74) is 4.84. The molecule has 2 heteroatoms. The number of hydrogen-bond donors (Lipinski definition) is 0. The Morgan fingerprint density at radius 1 is 0.955 bits per heavy atom. The van der Waals surface area contributed by atoms with Crippen LogP contribution in [0.2, 0.25) is 0 Å². The fraction of sp³-hybridized carbons (Fsp3) is 0.350. The first-order valence-corrected chi connectivity index (χ1v) is 7.86. The SMILES string of the molecule is CC(C)(C)OC(=O)CCC1c2ccccc2-c2ccccc21. The molecule has 0 heterocycles. The first kappa shape index (κ1) is 14.8. The highest BCUT2D eigenvalue weighted by molar-refractivity contribution is 5.79. The minimum atomic E-state index is -0.414. The highest BCUT2D eigenvalue weighted by atomic mass is 16.6. The van der Waals surface area contributed by atoms with E-state index >= 15 is 0 Å². The van der Waals surface area contributed by atoms with Gasteiger partial charge in [0, 0.05) is 12.3 Å². The Labute approximate surface area is 132 Å². The zero-order valence-corrected chi connectivity index (χ0v) is 13.4. The number of fused-ring (bicyclic) bond motifs is 3. The van der Waals surface area contributed by atoms with E-state index in [4.69, 9.17) is 4.74 Å². The fourth-order valence-electron chi connectivity index (χ4n) is 3.23. The predicted octanol–water partition coefficient (Wildman–Crippen LogP) is 4.92. The maximum absolute atomic E-state index is 12.0. The molecule has 0 bridgehead atoms. The second-order valence-electron chi connectivity index (χ2n) is 6.85. The van der Waals surface area contributed by atoms with Gasteiger partial charge in [0.2, 0.25) is 0 Å². The van der Waals surface area contributed by atoms with Gasteiger partial charge in [0.15, 0.2) is 0 Å². The third kappa shape index (κ3) is 2.92. The van der Waals surface area contributed by atoms with E-state index in [2.05, 4.69) is 48.5 Å². The molecule has 0 fully saturated rings. The zero-order chi connectivity index (χ0) is 15.7. The lowest BCUT2D eigenvalue weighted by Crippen LogP contribution is -2.24. The third-order valence-corrected chi connectivity index (χ3v) is 4.02. The molecule has 2 aromatic rings. The average Bonchev–Trinajstić information content (AvgIpc) is 2.78. The first-order chi connectivity index (χ1) is 10.5. The Bertz CT molecular complexity index is 649. The van der Waals surface area contributed by atoms with Gasteiger partial charge in [-0.15, -0.1) is 0 Å². The van der Waals surface area contributed by atoms with Crippen LogP contribution in [0.3, 0.4) is 0 Å². The fourth-order valence-corrected chi connectivity index (χ4v) is 3.23. The summed E-state index contributed by atoms with van der Waals surface area (Å²) < 4.78 is 5.43. The molecule has 0 saturated heterocycles. The van der Waals surface area contributed by atoms with E-state index in [0.717, 1.165) is 6.42 Å². The van der Waals surface area contributed by atoms with Gasteiger partial charge in [-0.25, -0.2) is 0 Å². The smallest absolute Gasteiger partial charge is 0.306 e. The highest BCUT2D eigenvalue weighted by Crippen LogP contribution is 2.46. The van der Waals surface area contributed by atoms with Gasteiger partial charge in [-0.3, -0.25) is 4.79 Å². The second-order valence-corrected chi connectivity index (χ2v) is 6.85.